The van der Waals surface area contributed by atoms with Crippen LogP contribution in [0, 0.1) is 0 Å². The van der Waals surface area contributed by atoms with E-state index < -0.39 is 97.5 Å². The molecule has 654 valence electrons. The summed E-state index contributed by atoms with van der Waals surface area (Å²) in [7, 11) is -9.93. The molecule has 2 unspecified atom stereocenters. The number of esters is 4. The first kappa shape index (κ1) is 108. The molecule has 0 spiro atoms. The molecule has 0 aliphatic carbocycles. The molecule has 0 bridgehead atoms. The third-order valence-corrected chi connectivity index (χ3v) is 23.5. The summed E-state index contributed by atoms with van der Waals surface area (Å²) in [4.78, 5) is 73.4. The van der Waals surface area contributed by atoms with Crippen LogP contribution in [-0.4, -0.2) is 96.7 Å². The van der Waals surface area contributed by atoms with Crippen LogP contribution >= 0.6 is 15.6 Å². The van der Waals surface area contributed by atoms with Crippen LogP contribution in [0.1, 0.15) is 503 Å². The predicted molar refractivity (Wildman–Crippen MR) is 455 cm³/mol. The standard InChI is InChI=1S/C91H178O17P2/c1-5-9-13-17-21-25-29-33-36-38-40-42-44-46-48-50-53-56-60-64-68-72-76-89(94)102-82-87(108-91(96)78-74-70-66-62-58-54-51-49-47-45-43-41-39-37-34-30-26-22-18-14-10-6-2)84-106-110(99,100)104-80-85(92)79-103-109(97,98)105-83-86(81-101-88(93)75-71-67-63-59-55-32-28-24-20-16-12-8-4)107-90(95)77-73-69-65-61-57-52-35-31-27-23-19-15-11-7-3/h85-87,92H,5-84H2,1-4H3,(H,97,98)(H,99,100)/t85-,86+,87+/m0/s1. The van der Waals surface area contributed by atoms with E-state index in [1.807, 2.05) is 0 Å². The van der Waals surface area contributed by atoms with E-state index in [9.17, 15) is 43.2 Å². The van der Waals surface area contributed by atoms with Gasteiger partial charge in [0.1, 0.15) is 19.3 Å². The molecule has 0 aromatic carbocycles. The second-order valence-electron chi connectivity index (χ2n) is 32.7. The molecule has 5 atom stereocenters. The molecule has 0 heterocycles. The lowest BCUT2D eigenvalue weighted by molar-refractivity contribution is -0.161. The van der Waals surface area contributed by atoms with Gasteiger partial charge in [-0.3, -0.25) is 37.3 Å². The monoisotopic (exact) mass is 1610 g/mol. The summed E-state index contributed by atoms with van der Waals surface area (Å²) in [6.45, 7) is 5.08. The Kier molecular flexibility index (Phi) is 83.5. The maximum Gasteiger partial charge on any atom is 0.472 e. The van der Waals surface area contributed by atoms with Crippen molar-refractivity contribution in [3.63, 3.8) is 0 Å². The van der Waals surface area contributed by atoms with Crippen LogP contribution in [0.3, 0.4) is 0 Å². The van der Waals surface area contributed by atoms with E-state index in [0.29, 0.717) is 25.7 Å². The van der Waals surface area contributed by atoms with Crippen molar-refractivity contribution in [1.29, 1.82) is 0 Å². The van der Waals surface area contributed by atoms with Crippen molar-refractivity contribution in [2.24, 2.45) is 0 Å². The number of hydrogen-bond acceptors (Lipinski definition) is 15. The second-order valence-corrected chi connectivity index (χ2v) is 35.6. The van der Waals surface area contributed by atoms with Gasteiger partial charge in [0.2, 0.25) is 0 Å². The van der Waals surface area contributed by atoms with Crippen LogP contribution in [-0.2, 0) is 65.4 Å². The molecule has 110 heavy (non-hydrogen) atoms. The third-order valence-electron chi connectivity index (χ3n) is 21.6. The zero-order chi connectivity index (χ0) is 80.3. The van der Waals surface area contributed by atoms with Crippen LogP contribution in [0.5, 0.6) is 0 Å². The highest BCUT2D eigenvalue weighted by Crippen LogP contribution is 2.45. The highest BCUT2D eigenvalue weighted by Gasteiger charge is 2.31. The van der Waals surface area contributed by atoms with Gasteiger partial charge >= 0.3 is 39.5 Å². The molecule has 0 aromatic rings. The number of unbranched alkanes of at least 4 members (excludes halogenated alkanes) is 66. The molecule has 17 nitrogen and oxygen atoms in total. The minimum Gasteiger partial charge on any atom is -0.462 e. The summed E-state index contributed by atoms with van der Waals surface area (Å²) < 4.78 is 69.0. The van der Waals surface area contributed by atoms with E-state index in [1.165, 1.54) is 334 Å². The summed E-state index contributed by atoms with van der Waals surface area (Å²) in [5.74, 6) is -2.09. The van der Waals surface area contributed by atoms with E-state index in [4.69, 9.17) is 37.0 Å². The van der Waals surface area contributed by atoms with Gasteiger partial charge in [-0.05, 0) is 25.7 Å². The Morgan fingerprint density at radius 1 is 0.218 bits per heavy atom. The predicted octanol–water partition coefficient (Wildman–Crippen LogP) is 28.5. The lowest BCUT2D eigenvalue weighted by Crippen LogP contribution is -2.30. The number of rotatable bonds is 92. The molecular formula is C91H178O17P2. The number of carbonyl (C=O) groups excluding carboxylic acids is 4. The van der Waals surface area contributed by atoms with Crippen molar-refractivity contribution in [2.75, 3.05) is 39.6 Å². The normalized spacial score (nSPS) is 13.6. The summed E-state index contributed by atoms with van der Waals surface area (Å²) in [5.41, 5.74) is 0. The fourth-order valence-corrected chi connectivity index (χ4v) is 16.0. The van der Waals surface area contributed by atoms with Gasteiger partial charge in [-0.2, -0.15) is 0 Å². The molecule has 0 fully saturated rings. The number of aliphatic hydroxyl groups is 1. The lowest BCUT2D eigenvalue weighted by Gasteiger charge is -2.21. The van der Waals surface area contributed by atoms with Gasteiger partial charge in [-0.1, -0.05) is 451 Å². The molecule has 0 amide bonds. The van der Waals surface area contributed by atoms with Gasteiger partial charge in [0.25, 0.3) is 0 Å². The van der Waals surface area contributed by atoms with Crippen molar-refractivity contribution < 1.29 is 80.2 Å². The lowest BCUT2D eigenvalue weighted by atomic mass is 10.0. The van der Waals surface area contributed by atoms with Gasteiger partial charge in [-0.15, -0.1) is 0 Å². The van der Waals surface area contributed by atoms with E-state index in [1.54, 1.807) is 0 Å². The molecule has 19 heteroatoms. The SMILES string of the molecule is CCCCCCCCCCCCCCCCCCCCCCCCC(=O)OC[C@H](COP(=O)(O)OC[C@@H](O)COP(=O)(O)OC[C@@H](COC(=O)CCCCCCCCCCCCCC)OC(=O)CCCCCCCCCCCCCCCC)OC(=O)CCCCCCCCCCCCCCCCCCCCCCCC. The maximum absolute atomic E-state index is 13.2. The zero-order valence-electron chi connectivity index (χ0n) is 72.3. The average molecular weight is 1610 g/mol. The van der Waals surface area contributed by atoms with Crippen LogP contribution in [0.25, 0.3) is 0 Å². The van der Waals surface area contributed by atoms with E-state index in [2.05, 4.69) is 27.7 Å². The van der Waals surface area contributed by atoms with Gasteiger partial charge in [0.15, 0.2) is 12.2 Å². The molecule has 0 aliphatic rings. The summed E-state index contributed by atoms with van der Waals surface area (Å²) in [6.07, 6.45) is 82.1. The Bertz CT molecular complexity index is 2070. The second kappa shape index (κ2) is 85.0. The number of phosphoric ester groups is 2. The first-order valence-electron chi connectivity index (χ1n) is 47.3. The third kappa shape index (κ3) is 84.0. The van der Waals surface area contributed by atoms with Gasteiger partial charge < -0.3 is 33.8 Å². The quantitative estimate of drug-likeness (QED) is 0.0222. The molecule has 0 radical (unpaired) electrons. The van der Waals surface area contributed by atoms with Crippen LogP contribution in [0.4, 0.5) is 0 Å². The fraction of sp³-hybridized carbons (Fsp3) is 0.956. The first-order chi connectivity index (χ1) is 53.7. The topological polar surface area (TPSA) is 237 Å². The number of ether oxygens (including phenoxy) is 4. The largest absolute Gasteiger partial charge is 0.472 e. The first-order valence-corrected chi connectivity index (χ1v) is 50.3. The summed E-state index contributed by atoms with van der Waals surface area (Å²) >= 11 is 0. The number of carbonyl (C=O) groups is 4. The number of hydrogen-bond donors (Lipinski definition) is 3. The van der Waals surface area contributed by atoms with Crippen LogP contribution < -0.4 is 0 Å². The maximum atomic E-state index is 13.2. The van der Waals surface area contributed by atoms with Crippen LogP contribution in [0.15, 0.2) is 0 Å². The van der Waals surface area contributed by atoms with Crippen molar-refractivity contribution in [3.8, 4) is 0 Å². The molecule has 0 aliphatic heterocycles. The zero-order valence-corrected chi connectivity index (χ0v) is 74.0. The molecule has 3 N–H and O–H groups in total. The average Bonchev–Trinajstić information content (AvgIpc) is 0.908. The molecule has 0 saturated heterocycles. The highest BCUT2D eigenvalue weighted by atomic mass is 31.2. The fourth-order valence-electron chi connectivity index (χ4n) is 14.4. The van der Waals surface area contributed by atoms with Crippen molar-refractivity contribution in [1.82, 2.24) is 0 Å². The smallest absolute Gasteiger partial charge is 0.462 e. The van der Waals surface area contributed by atoms with Gasteiger partial charge in [0.05, 0.1) is 26.4 Å². The van der Waals surface area contributed by atoms with Gasteiger partial charge in [0, 0.05) is 25.7 Å². The van der Waals surface area contributed by atoms with Crippen molar-refractivity contribution in [2.45, 2.75) is 521 Å². The minimum absolute atomic E-state index is 0.109. The van der Waals surface area contributed by atoms with Gasteiger partial charge in [-0.25, -0.2) is 9.13 Å². The molecule has 0 rings (SSSR count). The van der Waals surface area contributed by atoms with Crippen LogP contribution in [0.2, 0.25) is 0 Å². The Morgan fingerprint density at radius 3 is 0.536 bits per heavy atom. The van der Waals surface area contributed by atoms with E-state index >= 15 is 0 Å². The van der Waals surface area contributed by atoms with E-state index in [-0.39, 0.29) is 25.7 Å². The Morgan fingerprint density at radius 2 is 0.364 bits per heavy atom. The number of aliphatic hydroxyl groups excluding tert-OH is 1. The van der Waals surface area contributed by atoms with E-state index in [0.717, 1.165) is 89.9 Å². The summed E-state index contributed by atoms with van der Waals surface area (Å²) in [6, 6.07) is 0. The molecule has 0 aromatic heterocycles. The molecular weight excluding hydrogens is 1430 g/mol. The Hall–Kier alpha value is -1.94. The summed E-state index contributed by atoms with van der Waals surface area (Å²) in [5, 5.41) is 10.7. The molecule has 0 saturated carbocycles. The van der Waals surface area contributed by atoms with Crippen molar-refractivity contribution >= 4 is 39.5 Å². The highest BCUT2D eigenvalue weighted by molar-refractivity contribution is 7.47. The minimum atomic E-state index is -4.97. The Balaban J connectivity index is 5.21. The number of phosphoric acid groups is 2. The van der Waals surface area contributed by atoms with Crippen molar-refractivity contribution in [3.05, 3.63) is 0 Å². The Labute approximate surface area is 677 Å².